The molecule has 0 saturated carbocycles. The van der Waals surface area contributed by atoms with E-state index in [0.717, 1.165) is 0 Å². The van der Waals surface area contributed by atoms with E-state index in [0.29, 0.717) is 5.96 Å². The second-order valence-electron chi connectivity index (χ2n) is 3.32. The number of aliphatic imine (C=N–C) groups is 1. The molecule has 58 valence electrons. The van der Waals surface area contributed by atoms with Gasteiger partial charge in [-0.25, -0.2) is 5.01 Å². The van der Waals surface area contributed by atoms with Crippen molar-refractivity contribution in [2.75, 3.05) is 14.0 Å². The highest BCUT2D eigenvalue weighted by atomic mass is 15.9. The van der Waals surface area contributed by atoms with Crippen molar-refractivity contribution in [3.8, 4) is 0 Å². The molecule has 1 aliphatic heterocycles. The summed E-state index contributed by atoms with van der Waals surface area (Å²) in [7, 11) is 1.60. The molecule has 10 heavy (non-hydrogen) atoms. The van der Waals surface area contributed by atoms with Crippen LogP contribution in [0.3, 0.4) is 0 Å². The van der Waals surface area contributed by atoms with Crippen LogP contribution >= 0.6 is 0 Å². The molecular weight excluding hydrogens is 126 g/mol. The van der Waals surface area contributed by atoms with E-state index in [1.807, 2.05) is 20.8 Å². The smallest absolute Gasteiger partial charge is 0.235 e. The molecule has 0 aromatic heterocycles. The zero-order valence-corrected chi connectivity index (χ0v) is 6.84. The quantitative estimate of drug-likeness (QED) is 0.471. The molecule has 1 rings (SSSR count). The Balaban J connectivity index is 2.84. The number of hydrazine groups is 1. The summed E-state index contributed by atoms with van der Waals surface area (Å²) in [5.74, 6) is 0.535. The molecule has 1 aliphatic rings. The fourth-order valence-corrected chi connectivity index (χ4v) is 0.926. The highest BCUT2D eigenvalue weighted by Gasteiger charge is 2.43. The minimum Gasteiger partial charge on any atom is -0.253 e. The van der Waals surface area contributed by atoms with Crippen LogP contribution in [0.5, 0.6) is 0 Å². The van der Waals surface area contributed by atoms with Crippen LogP contribution in [0, 0.1) is 0 Å². The van der Waals surface area contributed by atoms with Crippen LogP contribution in [0.15, 0.2) is 4.99 Å². The van der Waals surface area contributed by atoms with E-state index in [1.54, 1.807) is 12.1 Å². The van der Waals surface area contributed by atoms with Gasteiger partial charge in [0.25, 0.3) is 0 Å². The molecule has 0 unspecified atom stereocenters. The number of nitrogens with zero attached hydrogens (tertiary/aromatic N) is 3. The number of rotatable bonds is 0. The van der Waals surface area contributed by atoms with Gasteiger partial charge in [0.1, 0.15) is 0 Å². The summed E-state index contributed by atoms with van der Waals surface area (Å²) in [5.41, 5.74) is -0.219. The lowest BCUT2D eigenvalue weighted by molar-refractivity contribution is 0.206. The highest BCUT2D eigenvalue weighted by Crippen LogP contribution is 2.27. The van der Waals surface area contributed by atoms with Crippen LogP contribution in [0.25, 0.3) is 0 Å². The molecule has 3 nitrogen and oxygen atoms in total. The zero-order valence-electron chi connectivity index (χ0n) is 9.84. The standard InChI is InChI=1S/C7H15N3/c1-7(2,3)10-6(8-4)9(10)5/h1-5H3/i5D3. The van der Waals surface area contributed by atoms with E-state index in [-0.39, 0.29) is 5.54 Å². The molecule has 3 heteroatoms. The van der Waals surface area contributed by atoms with Crippen molar-refractivity contribution < 1.29 is 4.11 Å². The molecule has 0 atom stereocenters. The topological polar surface area (TPSA) is 18.4 Å². The largest absolute Gasteiger partial charge is 0.253 e. The molecule has 0 aliphatic carbocycles. The average molecular weight is 144 g/mol. The molecule has 0 spiro atoms. The van der Waals surface area contributed by atoms with Gasteiger partial charge in [-0.2, -0.15) is 0 Å². The van der Waals surface area contributed by atoms with Crippen molar-refractivity contribution in [2.24, 2.45) is 4.99 Å². The molecule has 0 amide bonds. The fraction of sp³-hybridized carbons (Fsp3) is 0.857. The fourth-order valence-electron chi connectivity index (χ4n) is 0.926. The summed E-state index contributed by atoms with van der Waals surface area (Å²) in [6.07, 6.45) is 0. The van der Waals surface area contributed by atoms with Crippen LogP contribution in [-0.2, 0) is 0 Å². The molecule has 0 bridgehead atoms. The first kappa shape index (κ1) is 4.21. The number of guanidine groups is 1. The Kier molecular flexibility index (Phi) is 0.789. The Morgan fingerprint density at radius 3 is 2.20 bits per heavy atom. The SMILES string of the molecule is [2H]C([2H])([2H])N1C(=NC)N1C(C)(C)C. The normalized spacial score (nSPS) is 28.0. The molecule has 0 aromatic rings. The van der Waals surface area contributed by atoms with Crippen LogP contribution in [0.1, 0.15) is 24.9 Å². The predicted octanol–water partition coefficient (Wildman–Crippen LogP) is 0.933. The zero-order chi connectivity index (χ0) is 10.4. The van der Waals surface area contributed by atoms with E-state index < -0.39 is 6.98 Å². The number of hydrogen-bond acceptors (Lipinski definition) is 1. The highest BCUT2D eigenvalue weighted by molar-refractivity contribution is 5.91. The van der Waals surface area contributed by atoms with E-state index >= 15 is 0 Å². The molecular formula is C7H15N3. The molecule has 0 N–H and O–H groups in total. The van der Waals surface area contributed by atoms with Gasteiger partial charge < -0.3 is 0 Å². The average Bonchev–Trinajstić information content (AvgIpc) is 2.56. The third kappa shape index (κ3) is 0.958. The van der Waals surface area contributed by atoms with E-state index in [4.69, 9.17) is 4.11 Å². The third-order valence-electron chi connectivity index (χ3n) is 1.37. The first-order valence-electron chi connectivity index (χ1n) is 4.77. The first-order valence-corrected chi connectivity index (χ1v) is 3.27. The van der Waals surface area contributed by atoms with E-state index in [1.165, 1.54) is 5.01 Å². The maximum atomic E-state index is 7.23. The van der Waals surface area contributed by atoms with Gasteiger partial charge in [0, 0.05) is 18.1 Å². The van der Waals surface area contributed by atoms with Crippen LogP contribution in [-0.4, -0.2) is 35.5 Å². The van der Waals surface area contributed by atoms with Crippen molar-refractivity contribution in [2.45, 2.75) is 26.3 Å². The lowest BCUT2D eigenvalue weighted by atomic mass is 10.1. The Labute approximate surface area is 66.5 Å². The summed E-state index contributed by atoms with van der Waals surface area (Å²) in [6.45, 7) is 3.74. The maximum absolute atomic E-state index is 7.23. The van der Waals surface area contributed by atoms with Gasteiger partial charge in [0.15, 0.2) is 0 Å². The van der Waals surface area contributed by atoms with Gasteiger partial charge in [-0.1, -0.05) is 0 Å². The monoisotopic (exact) mass is 144 g/mol. The van der Waals surface area contributed by atoms with Gasteiger partial charge >= 0.3 is 0 Å². The molecule has 0 radical (unpaired) electrons. The van der Waals surface area contributed by atoms with Crippen molar-refractivity contribution in [1.29, 1.82) is 0 Å². The molecule has 0 aromatic carbocycles. The molecule has 1 saturated heterocycles. The lowest BCUT2D eigenvalue weighted by Gasteiger charge is -2.18. The minimum absolute atomic E-state index is 0.219. The summed E-state index contributed by atoms with van der Waals surface area (Å²) in [6, 6.07) is 0. The van der Waals surface area contributed by atoms with Gasteiger partial charge in [-0.05, 0) is 20.8 Å². The van der Waals surface area contributed by atoms with Gasteiger partial charge in [0.2, 0.25) is 5.96 Å². The summed E-state index contributed by atoms with van der Waals surface area (Å²) >= 11 is 0. The minimum atomic E-state index is -2.11. The van der Waals surface area contributed by atoms with Gasteiger partial charge in [-0.15, -0.1) is 0 Å². The van der Waals surface area contributed by atoms with Crippen molar-refractivity contribution in [1.82, 2.24) is 10.0 Å². The Hall–Kier alpha value is -0.730. The predicted molar refractivity (Wildman–Crippen MR) is 42.7 cm³/mol. The van der Waals surface area contributed by atoms with Crippen LogP contribution < -0.4 is 0 Å². The van der Waals surface area contributed by atoms with Crippen molar-refractivity contribution in [3.05, 3.63) is 0 Å². The Bertz CT molecular complexity index is 216. The Morgan fingerprint density at radius 1 is 1.50 bits per heavy atom. The molecule has 1 heterocycles. The maximum Gasteiger partial charge on any atom is 0.235 e. The Morgan fingerprint density at radius 2 is 2.10 bits per heavy atom. The van der Waals surface area contributed by atoms with Crippen molar-refractivity contribution in [3.63, 3.8) is 0 Å². The second-order valence-corrected chi connectivity index (χ2v) is 3.32. The summed E-state index contributed by atoms with van der Waals surface area (Å²) in [4.78, 5) is 3.90. The van der Waals surface area contributed by atoms with Gasteiger partial charge in [-0.3, -0.25) is 10.0 Å². The van der Waals surface area contributed by atoms with E-state index in [2.05, 4.69) is 4.99 Å². The van der Waals surface area contributed by atoms with Crippen LogP contribution in [0.4, 0.5) is 0 Å². The second kappa shape index (κ2) is 1.87. The van der Waals surface area contributed by atoms with Gasteiger partial charge in [0.05, 0.1) is 5.54 Å². The first-order chi connectivity index (χ1) is 5.69. The third-order valence-corrected chi connectivity index (χ3v) is 1.37. The summed E-state index contributed by atoms with van der Waals surface area (Å²) in [5, 5.41) is 2.92. The van der Waals surface area contributed by atoms with E-state index in [9.17, 15) is 0 Å². The number of hydrogen-bond donors (Lipinski definition) is 0. The van der Waals surface area contributed by atoms with Crippen molar-refractivity contribution >= 4 is 5.96 Å². The van der Waals surface area contributed by atoms with Crippen LogP contribution in [0.2, 0.25) is 0 Å². The summed E-state index contributed by atoms with van der Waals surface area (Å²) < 4.78 is 21.7. The molecule has 1 fully saturated rings. The lowest BCUT2D eigenvalue weighted by Crippen LogP contribution is -2.28.